The number of rotatable bonds is 8. The molecule has 37 heavy (non-hydrogen) atoms. The van der Waals surface area contributed by atoms with Crippen LogP contribution in [0.25, 0.3) is 11.3 Å². The van der Waals surface area contributed by atoms with E-state index in [9.17, 15) is 18.3 Å². The van der Waals surface area contributed by atoms with Gasteiger partial charge in [0, 0.05) is 18.2 Å². The lowest BCUT2D eigenvalue weighted by Crippen LogP contribution is -2.35. The number of phenolic OH excluding ortho intramolecular Hbond substituents is 1. The van der Waals surface area contributed by atoms with Crippen molar-refractivity contribution in [2.24, 2.45) is 0 Å². The van der Waals surface area contributed by atoms with Crippen LogP contribution in [-0.2, 0) is 20.2 Å². The Labute approximate surface area is 217 Å². The van der Waals surface area contributed by atoms with Crippen molar-refractivity contribution in [3.05, 3.63) is 66.2 Å². The Balaban J connectivity index is 1.33. The number of pyridine rings is 1. The number of nitrogens with zero attached hydrogens (tertiary/aromatic N) is 2. The number of nitrogens with one attached hydrogen (secondary N) is 1. The van der Waals surface area contributed by atoms with Crippen LogP contribution in [0.15, 0.2) is 65.6 Å². The third-order valence-electron chi connectivity index (χ3n) is 7.46. The number of sulfonamides is 1. The monoisotopic (exact) mass is 521 g/mol. The van der Waals surface area contributed by atoms with Crippen molar-refractivity contribution < 1.29 is 23.1 Å². The average Bonchev–Trinajstić information content (AvgIpc) is 3.58. The van der Waals surface area contributed by atoms with Crippen LogP contribution in [-0.4, -0.2) is 48.4 Å². The van der Waals surface area contributed by atoms with Gasteiger partial charge in [0.1, 0.15) is 5.82 Å². The Bertz CT molecular complexity index is 1420. The van der Waals surface area contributed by atoms with Gasteiger partial charge in [-0.05, 0) is 74.1 Å². The third-order valence-corrected chi connectivity index (χ3v) is 9.42. The van der Waals surface area contributed by atoms with Gasteiger partial charge in [0.25, 0.3) is 0 Å². The predicted molar refractivity (Wildman–Crippen MR) is 141 cm³/mol. The lowest BCUT2D eigenvalue weighted by molar-refractivity contribution is -0.118. The zero-order chi connectivity index (χ0) is 26.2. The first kappa shape index (κ1) is 25.2. The van der Waals surface area contributed by atoms with Gasteiger partial charge in [-0.2, -0.15) is 4.31 Å². The third kappa shape index (κ3) is 4.69. The van der Waals surface area contributed by atoms with E-state index >= 15 is 0 Å². The largest absolute Gasteiger partial charge is 0.504 e. The van der Waals surface area contributed by atoms with E-state index in [1.54, 1.807) is 58.9 Å². The molecule has 1 aliphatic heterocycles. The van der Waals surface area contributed by atoms with Crippen molar-refractivity contribution in [3.8, 4) is 22.8 Å². The second-order valence-electron chi connectivity index (χ2n) is 9.68. The predicted octanol–water partition coefficient (Wildman–Crippen LogP) is 4.70. The summed E-state index contributed by atoms with van der Waals surface area (Å²) in [6, 6.07) is 17.2. The van der Waals surface area contributed by atoms with E-state index in [-0.39, 0.29) is 22.6 Å². The summed E-state index contributed by atoms with van der Waals surface area (Å²) < 4.78 is 33.0. The smallest absolute Gasteiger partial charge is 0.243 e. The Morgan fingerprint density at radius 1 is 1.16 bits per heavy atom. The van der Waals surface area contributed by atoms with Gasteiger partial charge in [0.2, 0.25) is 15.9 Å². The minimum absolute atomic E-state index is 0.000366. The van der Waals surface area contributed by atoms with Gasteiger partial charge in [0.15, 0.2) is 11.5 Å². The SMILES string of the molecule is CC[C@H]1CCCN1S(=O)(=O)c1ccc(-c2cccc(NC(=O)C3(c4ccc(OC)c(O)c4)CC3)n2)cc1. The number of aromatic nitrogens is 1. The van der Waals surface area contributed by atoms with Gasteiger partial charge in [-0.15, -0.1) is 0 Å². The van der Waals surface area contributed by atoms with E-state index in [0.717, 1.165) is 30.4 Å². The molecule has 1 aromatic heterocycles. The van der Waals surface area contributed by atoms with Gasteiger partial charge in [-0.25, -0.2) is 13.4 Å². The Hall–Kier alpha value is -3.43. The number of phenols is 1. The number of carbonyl (C=O) groups excluding carboxylic acids is 1. The van der Waals surface area contributed by atoms with Crippen LogP contribution in [0.2, 0.25) is 0 Å². The number of carbonyl (C=O) groups is 1. The van der Waals surface area contributed by atoms with Crippen molar-refractivity contribution in [1.82, 2.24) is 9.29 Å². The van der Waals surface area contributed by atoms with E-state index < -0.39 is 15.4 Å². The molecule has 0 spiro atoms. The number of methoxy groups -OCH3 is 1. The maximum absolute atomic E-state index is 13.2. The summed E-state index contributed by atoms with van der Waals surface area (Å²) >= 11 is 0. The lowest BCUT2D eigenvalue weighted by atomic mass is 9.94. The van der Waals surface area contributed by atoms with Gasteiger partial charge in [0.05, 0.1) is 23.1 Å². The molecule has 5 rings (SSSR count). The summed E-state index contributed by atoms with van der Waals surface area (Å²) in [5.74, 6) is 0.587. The molecular weight excluding hydrogens is 490 g/mol. The standard InChI is InChI=1S/C28H31N3O5S/c1-3-21-6-5-17-31(21)37(34,35)22-12-9-19(10-13-22)23-7-4-8-26(29-23)30-27(33)28(15-16-28)20-11-14-25(36-2)24(32)18-20/h4,7-14,18,21,32H,3,5-6,15-17H2,1-2H3,(H,29,30,33)/t21-/m0/s1. The number of hydrogen-bond donors (Lipinski definition) is 2. The minimum Gasteiger partial charge on any atom is -0.504 e. The van der Waals surface area contributed by atoms with E-state index in [4.69, 9.17) is 4.74 Å². The number of ether oxygens (including phenoxy) is 1. The highest BCUT2D eigenvalue weighted by Crippen LogP contribution is 2.50. The highest BCUT2D eigenvalue weighted by atomic mass is 32.2. The number of aromatic hydroxyl groups is 1. The fourth-order valence-electron chi connectivity index (χ4n) is 5.13. The summed E-state index contributed by atoms with van der Waals surface area (Å²) in [5, 5.41) is 13.1. The summed E-state index contributed by atoms with van der Waals surface area (Å²) in [4.78, 5) is 18.1. The van der Waals surface area contributed by atoms with E-state index in [2.05, 4.69) is 10.3 Å². The lowest BCUT2D eigenvalue weighted by Gasteiger charge is -2.23. The number of anilines is 1. The second kappa shape index (κ2) is 9.79. The van der Waals surface area contributed by atoms with Crippen LogP contribution < -0.4 is 10.1 Å². The van der Waals surface area contributed by atoms with Gasteiger partial charge in [-0.3, -0.25) is 4.79 Å². The Morgan fingerprint density at radius 3 is 2.57 bits per heavy atom. The fraction of sp³-hybridized carbons (Fsp3) is 0.357. The van der Waals surface area contributed by atoms with Gasteiger partial charge in [-0.1, -0.05) is 31.2 Å². The van der Waals surface area contributed by atoms with Crippen LogP contribution in [0, 0.1) is 0 Å². The number of amides is 1. The molecule has 1 aliphatic carbocycles. The summed E-state index contributed by atoms with van der Waals surface area (Å²) in [7, 11) is -2.06. The summed E-state index contributed by atoms with van der Waals surface area (Å²) in [6.45, 7) is 2.58. The minimum atomic E-state index is -3.54. The molecule has 2 N–H and O–H groups in total. The molecule has 1 atom stereocenters. The molecule has 2 heterocycles. The van der Waals surface area contributed by atoms with Crippen LogP contribution in [0.3, 0.4) is 0 Å². The fourth-order valence-corrected chi connectivity index (χ4v) is 6.89. The van der Waals surface area contributed by atoms with Gasteiger partial charge < -0.3 is 15.2 Å². The first-order valence-corrected chi connectivity index (χ1v) is 14.0. The molecule has 0 radical (unpaired) electrons. The zero-order valence-corrected chi connectivity index (χ0v) is 21.8. The molecule has 194 valence electrons. The van der Waals surface area contributed by atoms with E-state index in [1.807, 2.05) is 13.0 Å². The molecule has 1 saturated carbocycles. The van der Waals surface area contributed by atoms with Crippen molar-refractivity contribution in [3.63, 3.8) is 0 Å². The highest BCUT2D eigenvalue weighted by molar-refractivity contribution is 7.89. The molecule has 2 aliphatic rings. The van der Waals surface area contributed by atoms with Crippen molar-refractivity contribution >= 4 is 21.7 Å². The summed E-state index contributed by atoms with van der Waals surface area (Å²) in [6.07, 6.45) is 3.95. The molecule has 8 nitrogen and oxygen atoms in total. The normalized spacial score (nSPS) is 18.9. The molecule has 0 unspecified atom stereocenters. The van der Waals surface area contributed by atoms with Crippen LogP contribution in [0.5, 0.6) is 11.5 Å². The quantitative estimate of drug-likeness (QED) is 0.445. The molecule has 3 aromatic rings. The number of benzene rings is 2. The topological polar surface area (TPSA) is 109 Å². The molecule has 9 heteroatoms. The second-order valence-corrected chi connectivity index (χ2v) is 11.6. The van der Waals surface area contributed by atoms with Crippen LogP contribution in [0.1, 0.15) is 44.6 Å². The maximum Gasteiger partial charge on any atom is 0.243 e. The van der Waals surface area contributed by atoms with Gasteiger partial charge >= 0.3 is 0 Å². The van der Waals surface area contributed by atoms with Crippen molar-refractivity contribution in [2.75, 3.05) is 19.0 Å². The highest BCUT2D eigenvalue weighted by Gasteiger charge is 2.51. The molecule has 1 saturated heterocycles. The van der Waals surface area contributed by atoms with Crippen LogP contribution >= 0.6 is 0 Å². The first-order valence-electron chi connectivity index (χ1n) is 12.6. The van der Waals surface area contributed by atoms with E-state index in [1.165, 1.54) is 7.11 Å². The molecule has 0 bridgehead atoms. The molecular formula is C28H31N3O5S. The molecule has 2 fully saturated rings. The van der Waals surface area contributed by atoms with Crippen molar-refractivity contribution in [2.45, 2.75) is 55.4 Å². The van der Waals surface area contributed by atoms with E-state index in [0.29, 0.717) is 36.6 Å². The zero-order valence-electron chi connectivity index (χ0n) is 21.0. The first-order chi connectivity index (χ1) is 17.8. The Morgan fingerprint density at radius 2 is 1.92 bits per heavy atom. The maximum atomic E-state index is 13.2. The molecule has 1 amide bonds. The Kier molecular flexibility index (Phi) is 6.68. The van der Waals surface area contributed by atoms with Crippen LogP contribution in [0.4, 0.5) is 5.82 Å². The van der Waals surface area contributed by atoms with Crippen molar-refractivity contribution in [1.29, 1.82) is 0 Å². The molecule has 2 aromatic carbocycles. The average molecular weight is 522 g/mol. The summed E-state index contributed by atoms with van der Waals surface area (Å²) in [5.41, 5.74) is 1.41. The number of hydrogen-bond acceptors (Lipinski definition) is 6.